The molecule has 8 heteroatoms. The SMILES string of the molecule is Cc1nc(N2CCCN(c3ccc4nc(C(C)(C)C)cn4n3)CC2)c2ccncc2n1. The van der Waals surface area contributed by atoms with E-state index >= 15 is 0 Å². The molecule has 0 aliphatic carbocycles. The lowest BCUT2D eigenvalue weighted by Gasteiger charge is -2.24. The van der Waals surface area contributed by atoms with Gasteiger partial charge in [-0.1, -0.05) is 20.8 Å². The normalized spacial score (nSPS) is 15.6. The van der Waals surface area contributed by atoms with Crippen LogP contribution < -0.4 is 9.80 Å². The van der Waals surface area contributed by atoms with Gasteiger partial charge in [0.15, 0.2) is 5.65 Å². The van der Waals surface area contributed by atoms with Gasteiger partial charge in [-0.3, -0.25) is 4.98 Å². The molecule has 0 amide bonds. The molecule has 0 unspecified atom stereocenters. The van der Waals surface area contributed by atoms with Gasteiger partial charge in [0.25, 0.3) is 0 Å². The number of aromatic nitrogens is 6. The molecule has 4 aromatic heterocycles. The molecule has 1 fully saturated rings. The molecule has 0 aromatic carbocycles. The predicted molar refractivity (Wildman–Crippen MR) is 123 cm³/mol. The number of anilines is 2. The van der Waals surface area contributed by atoms with Gasteiger partial charge in [-0.25, -0.2) is 19.5 Å². The summed E-state index contributed by atoms with van der Waals surface area (Å²) in [5, 5.41) is 5.92. The van der Waals surface area contributed by atoms with E-state index in [1.807, 2.05) is 36.1 Å². The molecule has 1 saturated heterocycles. The maximum absolute atomic E-state index is 4.86. The van der Waals surface area contributed by atoms with E-state index in [4.69, 9.17) is 15.1 Å². The molecule has 1 aliphatic heterocycles. The summed E-state index contributed by atoms with van der Waals surface area (Å²) in [5.41, 5.74) is 2.85. The van der Waals surface area contributed by atoms with Crippen LogP contribution >= 0.6 is 0 Å². The first-order valence-corrected chi connectivity index (χ1v) is 10.8. The molecule has 8 nitrogen and oxygen atoms in total. The fourth-order valence-electron chi connectivity index (χ4n) is 4.08. The molecule has 160 valence electrons. The van der Waals surface area contributed by atoms with Crippen LogP contribution in [0.4, 0.5) is 11.6 Å². The van der Waals surface area contributed by atoms with E-state index in [9.17, 15) is 0 Å². The molecular formula is C23H28N8. The molecule has 0 saturated carbocycles. The van der Waals surface area contributed by atoms with Crippen molar-refractivity contribution in [1.82, 2.24) is 29.5 Å². The molecule has 0 spiro atoms. The summed E-state index contributed by atoms with van der Waals surface area (Å²) in [6.45, 7) is 12.1. The van der Waals surface area contributed by atoms with Crippen LogP contribution in [0.25, 0.3) is 16.6 Å². The zero-order chi connectivity index (χ0) is 21.6. The van der Waals surface area contributed by atoms with Gasteiger partial charge in [0.2, 0.25) is 0 Å². The minimum absolute atomic E-state index is 0.00490. The van der Waals surface area contributed by atoms with E-state index in [-0.39, 0.29) is 5.41 Å². The zero-order valence-corrected chi connectivity index (χ0v) is 18.6. The summed E-state index contributed by atoms with van der Waals surface area (Å²) in [5.74, 6) is 2.76. The minimum atomic E-state index is 0.00490. The summed E-state index contributed by atoms with van der Waals surface area (Å²) < 4.78 is 1.91. The van der Waals surface area contributed by atoms with Crippen molar-refractivity contribution in [2.24, 2.45) is 0 Å². The third-order valence-electron chi connectivity index (χ3n) is 5.78. The highest BCUT2D eigenvalue weighted by molar-refractivity contribution is 5.88. The van der Waals surface area contributed by atoms with E-state index < -0.39 is 0 Å². The fourth-order valence-corrected chi connectivity index (χ4v) is 4.08. The lowest BCUT2D eigenvalue weighted by atomic mass is 9.93. The van der Waals surface area contributed by atoms with E-state index in [0.29, 0.717) is 0 Å². The molecular weight excluding hydrogens is 388 g/mol. The van der Waals surface area contributed by atoms with Crippen LogP contribution in [0.15, 0.2) is 36.8 Å². The van der Waals surface area contributed by atoms with Gasteiger partial charge in [0, 0.05) is 43.2 Å². The largest absolute Gasteiger partial charge is 0.354 e. The van der Waals surface area contributed by atoms with Crippen LogP contribution in [0, 0.1) is 6.92 Å². The number of rotatable bonds is 2. The standard InChI is InChI=1S/C23H28N8/c1-16-25-18-14-24-9-8-17(18)22(26-16)30-11-5-10-29(12-13-30)21-7-6-20-27-19(23(2,3)4)15-31(20)28-21/h6-9,14-15H,5,10-13H2,1-4H3. The van der Waals surface area contributed by atoms with Crippen molar-refractivity contribution in [2.45, 2.75) is 39.5 Å². The highest BCUT2D eigenvalue weighted by Crippen LogP contribution is 2.26. The van der Waals surface area contributed by atoms with E-state index in [2.05, 4.69) is 52.7 Å². The van der Waals surface area contributed by atoms with Crippen molar-refractivity contribution in [3.05, 3.63) is 48.3 Å². The Hall–Kier alpha value is -3.29. The molecule has 0 bridgehead atoms. The molecule has 0 radical (unpaired) electrons. The molecule has 4 aromatic rings. The maximum atomic E-state index is 4.86. The van der Waals surface area contributed by atoms with Crippen molar-refractivity contribution in [1.29, 1.82) is 0 Å². The molecule has 0 N–H and O–H groups in total. The Morgan fingerprint density at radius 3 is 2.55 bits per heavy atom. The van der Waals surface area contributed by atoms with Crippen LogP contribution in [-0.2, 0) is 5.41 Å². The van der Waals surface area contributed by atoms with Crippen molar-refractivity contribution in [3.63, 3.8) is 0 Å². The Bertz CT molecular complexity index is 1240. The quantitative estimate of drug-likeness (QED) is 0.496. The Morgan fingerprint density at radius 1 is 0.903 bits per heavy atom. The number of fused-ring (bicyclic) bond motifs is 2. The third-order valence-corrected chi connectivity index (χ3v) is 5.78. The van der Waals surface area contributed by atoms with Gasteiger partial charge in [-0.05, 0) is 31.5 Å². The van der Waals surface area contributed by atoms with Gasteiger partial charge in [-0.15, -0.1) is 5.10 Å². The topological polar surface area (TPSA) is 75.3 Å². The molecule has 5 heterocycles. The van der Waals surface area contributed by atoms with Gasteiger partial charge in [0.1, 0.15) is 17.5 Å². The van der Waals surface area contributed by atoms with Crippen LogP contribution in [0.1, 0.15) is 38.7 Å². The first-order valence-electron chi connectivity index (χ1n) is 10.8. The number of aryl methyl sites for hydroxylation is 1. The van der Waals surface area contributed by atoms with Crippen LogP contribution in [0.3, 0.4) is 0 Å². The van der Waals surface area contributed by atoms with Crippen LogP contribution in [0.2, 0.25) is 0 Å². The van der Waals surface area contributed by atoms with Gasteiger partial charge in [-0.2, -0.15) is 0 Å². The summed E-state index contributed by atoms with van der Waals surface area (Å²) >= 11 is 0. The molecule has 0 atom stereocenters. The average Bonchev–Trinajstić information content (AvgIpc) is 3.03. The first-order chi connectivity index (χ1) is 14.9. The van der Waals surface area contributed by atoms with Crippen molar-refractivity contribution in [3.8, 4) is 0 Å². The summed E-state index contributed by atoms with van der Waals surface area (Å²) in [4.78, 5) is 23.0. The Balaban J connectivity index is 1.40. The summed E-state index contributed by atoms with van der Waals surface area (Å²) in [6.07, 6.45) is 6.71. The Morgan fingerprint density at radius 2 is 1.71 bits per heavy atom. The molecule has 31 heavy (non-hydrogen) atoms. The van der Waals surface area contributed by atoms with Gasteiger partial charge < -0.3 is 9.80 Å². The first kappa shape index (κ1) is 19.7. The Labute approximate surface area is 182 Å². The zero-order valence-electron chi connectivity index (χ0n) is 18.6. The lowest BCUT2D eigenvalue weighted by molar-refractivity contribution is 0.572. The monoisotopic (exact) mass is 416 g/mol. The predicted octanol–water partition coefficient (Wildman–Crippen LogP) is 3.39. The molecule has 5 rings (SSSR count). The second-order valence-corrected chi connectivity index (χ2v) is 9.19. The highest BCUT2D eigenvalue weighted by atomic mass is 15.3. The Kier molecular flexibility index (Phi) is 4.72. The minimum Gasteiger partial charge on any atom is -0.354 e. The van der Waals surface area contributed by atoms with E-state index in [1.54, 1.807) is 0 Å². The molecule has 1 aliphatic rings. The van der Waals surface area contributed by atoms with Crippen molar-refractivity contribution < 1.29 is 0 Å². The smallest absolute Gasteiger partial charge is 0.153 e. The second kappa shape index (κ2) is 7.44. The maximum Gasteiger partial charge on any atom is 0.153 e. The second-order valence-electron chi connectivity index (χ2n) is 9.19. The summed E-state index contributed by atoms with van der Waals surface area (Å²) in [6, 6.07) is 6.16. The average molecular weight is 417 g/mol. The van der Waals surface area contributed by atoms with E-state index in [0.717, 1.165) is 72.3 Å². The summed E-state index contributed by atoms with van der Waals surface area (Å²) in [7, 11) is 0. The number of hydrogen-bond donors (Lipinski definition) is 0. The van der Waals surface area contributed by atoms with Crippen LogP contribution in [-0.4, -0.2) is 55.7 Å². The highest BCUT2D eigenvalue weighted by Gasteiger charge is 2.21. The fraction of sp³-hybridized carbons (Fsp3) is 0.435. The third kappa shape index (κ3) is 3.78. The number of pyridine rings is 1. The van der Waals surface area contributed by atoms with Crippen molar-refractivity contribution in [2.75, 3.05) is 36.0 Å². The number of hydrogen-bond acceptors (Lipinski definition) is 7. The number of imidazole rings is 1. The van der Waals surface area contributed by atoms with E-state index in [1.165, 1.54) is 0 Å². The lowest BCUT2D eigenvalue weighted by Crippen LogP contribution is -2.32. The van der Waals surface area contributed by atoms with Gasteiger partial charge in [0.05, 0.1) is 23.6 Å². The van der Waals surface area contributed by atoms with Gasteiger partial charge >= 0.3 is 0 Å². The van der Waals surface area contributed by atoms with Crippen LogP contribution in [0.5, 0.6) is 0 Å². The number of nitrogens with zero attached hydrogens (tertiary/aromatic N) is 8. The van der Waals surface area contributed by atoms with Crippen molar-refractivity contribution >= 4 is 28.2 Å².